The maximum absolute atomic E-state index is 12.6. The van der Waals surface area contributed by atoms with E-state index < -0.39 is 17.4 Å². The molecule has 1 aromatic heterocycles. The smallest absolute Gasteiger partial charge is 0.305 e. The molecule has 0 aliphatic heterocycles. The number of aryl methyl sites for hydroxylation is 2. The highest BCUT2D eigenvalue weighted by atomic mass is 16.4. The molecule has 0 fully saturated rings. The Morgan fingerprint density at radius 1 is 1.33 bits per heavy atom. The van der Waals surface area contributed by atoms with E-state index in [9.17, 15) is 14.4 Å². The Morgan fingerprint density at radius 2 is 1.90 bits per heavy atom. The summed E-state index contributed by atoms with van der Waals surface area (Å²) in [7, 11) is 1.49. The van der Waals surface area contributed by atoms with Gasteiger partial charge in [-0.15, -0.1) is 0 Å². The molecule has 0 saturated heterocycles. The molecule has 1 amide bonds. The van der Waals surface area contributed by atoms with Crippen LogP contribution < -0.4 is 5.56 Å². The molecule has 0 aromatic carbocycles. The fourth-order valence-electron chi connectivity index (χ4n) is 2.05. The number of aromatic nitrogens is 2. The maximum atomic E-state index is 12.6. The second-order valence-corrected chi connectivity index (χ2v) is 5.25. The number of carbonyl (C=O) groups excluding carboxylic acids is 1. The lowest BCUT2D eigenvalue weighted by molar-refractivity contribution is -0.137. The lowest BCUT2D eigenvalue weighted by Crippen LogP contribution is -2.42. The summed E-state index contributed by atoms with van der Waals surface area (Å²) in [6.45, 7) is 7.03. The largest absolute Gasteiger partial charge is 0.481 e. The highest BCUT2D eigenvalue weighted by molar-refractivity contribution is 5.95. The van der Waals surface area contributed by atoms with Crippen molar-refractivity contribution in [2.75, 3.05) is 6.54 Å². The van der Waals surface area contributed by atoms with E-state index in [2.05, 4.69) is 5.10 Å². The van der Waals surface area contributed by atoms with Gasteiger partial charge < -0.3 is 10.0 Å². The monoisotopic (exact) mass is 295 g/mol. The zero-order valence-electron chi connectivity index (χ0n) is 13.0. The van der Waals surface area contributed by atoms with Crippen LogP contribution in [0.1, 0.15) is 41.9 Å². The van der Waals surface area contributed by atoms with Gasteiger partial charge in [-0.3, -0.25) is 14.4 Å². The number of rotatable bonds is 5. The molecule has 1 heterocycles. The third-order valence-electron chi connectivity index (χ3n) is 3.39. The third-order valence-corrected chi connectivity index (χ3v) is 3.39. The SMILES string of the molecule is Cc1nn(C)c(=O)c(C(=O)N(CCC(=O)O)C(C)C)c1C. The fourth-order valence-corrected chi connectivity index (χ4v) is 2.05. The van der Waals surface area contributed by atoms with Crippen LogP contribution in [-0.4, -0.2) is 44.3 Å². The zero-order valence-corrected chi connectivity index (χ0v) is 13.0. The lowest BCUT2D eigenvalue weighted by Gasteiger charge is -2.26. The van der Waals surface area contributed by atoms with Crippen molar-refractivity contribution in [2.45, 2.75) is 40.2 Å². The molecule has 7 heteroatoms. The van der Waals surface area contributed by atoms with E-state index in [1.54, 1.807) is 27.7 Å². The highest BCUT2D eigenvalue weighted by Crippen LogP contribution is 2.12. The summed E-state index contributed by atoms with van der Waals surface area (Å²) in [4.78, 5) is 36.9. The maximum Gasteiger partial charge on any atom is 0.305 e. The van der Waals surface area contributed by atoms with Crippen LogP contribution in [0, 0.1) is 13.8 Å². The first kappa shape index (κ1) is 16.9. The molecule has 1 rings (SSSR count). The number of aliphatic carboxylic acids is 1. The summed E-state index contributed by atoms with van der Waals surface area (Å²) in [5.41, 5.74) is 0.722. The van der Waals surface area contributed by atoms with E-state index in [0.29, 0.717) is 11.3 Å². The Bertz CT molecular complexity index is 619. The van der Waals surface area contributed by atoms with Crippen molar-refractivity contribution in [3.63, 3.8) is 0 Å². The zero-order chi connectivity index (χ0) is 16.3. The van der Waals surface area contributed by atoms with E-state index >= 15 is 0 Å². The minimum atomic E-state index is -0.982. The van der Waals surface area contributed by atoms with Gasteiger partial charge in [0.2, 0.25) is 0 Å². The summed E-state index contributed by atoms with van der Waals surface area (Å²) >= 11 is 0. The molecule has 7 nitrogen and oxygen atoms in total. The summed E-state index contributed by atoms with van der Waals surface area (Å²) in [6, 6.07) is -0.200. The van der Waals surface area contributed by atoms with E-state index in [4.69, 9.17) is 5.11 Å². The summed E-state index contributed by atoms with van der Waals surface area (Å²) in [5, 5.41) is 12.8. The first-order chi connectivity index (χ1) is 9.66. The van der Waals surface area contributed by atoms with Gasteiger partial charge in [-0.1, -0.05) is 0 Å². The van der Waals surface area contributed by atoms with Gasteiger partial charge in [-0.2, -0.15) is 5.10 Å². The highest BCUT2D eigenvalue weighted by Gasteiger charge is 2.25. The number of carboxylic acids is 1. The van der Waals surface area contributed by atoms with Gasteiger partial charge >= 0.3 is 5.97 Å². The summed E-state index contributed by atoms with van der Waals surface area (Å²) < 4.78 is 1.13. The number of hydrogen-bond donors (Lipinski definition) is 1. The van der Waals surface area contributed by atoms with Gasteiger partial charge in [0, 0.05) is 19.6 Å². The Kier molecular flexibility index (Phi) is 5.23. The molecule has 0 bridgehead atoms. The molecule has 1 aromatic rings. The minimum absolute atomic E-state index is 0.0593. The molecule has 0 radical (unpaired) electrons. The van der Waals surface area contributed by atoms with Crippen molar-refractivity contribution in [2.24, 2.45) is 7.05 Å². The van der Waals surface area contributed by atoms with Crippen LogP contribution in [0.15, 0.2) is 4.79 Å². The molecule has 0 atom stereocenters. The normalized spacial score (nSPS) is 10.8. The van der Waals surface area contributed by atoms with E-state index in [1.165, 1.54) is 11.9 Å². The van der Waals surface area contributed by atoms with Crippen molar-refractivity contribution < 1.29 is 14.7 Å². The van der Waals surface area contributed by atoms with E-state index in [-0.39, 0.29) is 24.6 Å². The average molecular weight is 295 g/mol. The standard InChI is InChI=1S/C14H21N3O4/c1-8(2)17(7-6-11(18)19)14(21)12-9(3)10(4)15-16(5)13(12)20/h8H,6-7H2,1-5H3,(H,18,19). The second kappa shape index (κ2) is 6.51. The summed E-state index contributed by atoms with van der Waals surface area (Å²) in [5.74, 6) is -1.43. The predicted molar refractivity (Wildman–Crippen MR) is 77.4 cm³/mol. The Hall–Kier alpha value is -2.18. The molecule has 21 heavy (non-hydrogen) atoms. The topological polar surface area (TPSA) is 92.5 Å². The van der Waals surface area contributed by atoms with Crippen molar-refractivity contribution in [3.05, 3.63) is 27.2 Å². The average Bonchev–Trinajstić information content (AvgIpc) is 2.36. The van der Waals surface area contributed by atoms with Crippen LogP contribution in [-0.2, 0) is 11.8 Å². The third kappa shape index (κ3) is 3.68. The molecule has 0 aliphatic carbocycles. The molecule has 0 spiro atoms. The van der Waals surface area contributed by atoms with Crippen molar-refractivity contribution in [1.82, 2.24) is 14.7 Å². The molecule has 0 unspecified atom stereocenters. The van der Waals surface area contributed by atoms with Crippen LogP contribution in [0.4, 0.5) is 0 Å². The predicted octanol–water partition coefficient (Wildman–Crippen LogP) is 0.722. The minimum Gasteiger partial charge on any atom is -0.481 e. The Labute approximate surface area is 123 Å². The van der Waals surface area contributed by atoms with Gasteiger partial charge in [0.05, 0.1) is 12.1 Å². The molecule has 1 N–H and O–H groups in total. The molecular formula is C14H21N3O4. The van der Waals surface area contributed by atoms with Crippen LogP contribution in [0.25, 0.3) is 0 Å². The van der Waals surface area contributed by atoms with Crippen LogP contribution in [0.2, 0.25) is 0 Å². The van der Waals surface area contributed by atoms with Gasteiger partial charge in [0.1, 0.15) is 5.56 Å². The summed E-state index contributed by atoms with van der Waals surface area (Å²) in [6.07, 6.45) is -0.159. The van der Waals surface area contributed by atoms with Gasteiger partial charge in [-0.25, -0.2) is 4.68 Å². The quantitative estimate of drug-likeness (QED) is 0.864. The van der Waals surface area contributed by atoms with Gasteiger partial charge in [0.25, 0.3) is 11.5 Å². The van der Waals surface area contributed by atoms with Crippen molar-refractivity contribution >= 4 is 11.9 Å². The van der Waals surface area contributed by atoms with Crippen molar-refractivity contribution in [3.8, 4) is 0 Å². The number of hydrogen-bond acceptors (Lipinski definition) is 4. The number of carboxylic acid groups (broad SMARTS) is 1. The molecular weight excluding hydrogens is 274 g/mol. The molecule has 0 saturated carbocycles. The van der Waals surface area contributed by atoms with Crippen LogP contribution in [0.5, 0.6) is 0 Å². The lowest BCUT2D eigenvalue weighted by atomic mass is 10.1. The van der Waals surface area contributed by atoms with Crippen LogP contribution in [0.3, 0.4) is 0 Å². The Balaban J connectivity index is 3.27. The molecule has 116 valence electrons. The van der Waals surface area contributed by atoms with E-state index in [0.717, 1.165) is 4.68 Å². The van der Waals surface area contributed by atoms with Gasteiger partial charge in [-0.05, 0) is 33.3 Å². The first-order valence-electron chi connectivity index (χ1n) is 6.74. The number of nitrogens with zero attached hydrogens (tertiary/aromatic N) is 3. The van der Waals surface area contributed by atoms with Gasteiger partial charge in [0.15, 0.2) is 0 Å². The first-order valence-corrected chi connectivity index (χ1v) is 6.74. The van der Waals surface area contributed by atoms with Crippen LogP contribution >= 0.6 is 0 Å². The molecule has 0 aliphatic rings. The number of amides is 1. The van der Waals surface area contributed by atoms with Crippen molar-refractivity contribution in [1.29, 1.82) is 0 Å². The van der Waals surface area contributed by atoms with E-state index in [1.807, 2.05) is 0 Å². The fraction of sp³-hybridized carbons (Fsp3) is 0.571. The second-order valence-electron chi connectivity index (χ2n) is 5.25. The Morgan fingerprint density at radius 3 is 2.38 bits per heavy atom. The number of carbonyl (C=O) groups is 2.